The molecule has 1 aromatic carbocycles. The topological polar surface area (TPSA) is 12.0 Å². The zero-order chi connectivity index (χ0) is 14.3. The predicted molar refractivity (Wildman–Crippen MR) is 69.9 cm³/mol. The standard InChI is InChI=1S/C13H17F4NS/c1-18-11(3-2-8-13(15,16)17)9-19-12-6-4-10(14)5-7-12/h4-7,11,18H,2-3,8-9H2,1H3. The summed E-state index contributed by atoms with van der Waals surface area (Å²) in [6.45, 7) is 0. The van der Waals surface area contributed by atoms with Crippen LogP contribution in [0.4, 0.5) is 17.6 Å². The molecule has 0 saturated heterocycles. The molecule has 0 heterocycles. The van der Waals surface area contributed by atoms with Gasteiger partial charge in [-0.15, -0.1) is 11.8 Å². The van der Waals surface area contributed by atoms with Crippen LogP contribution in [0.15, 0.2) is 29.2 Å². The summed E-state index contributed by atoms with van der Waals surface area (Å²) in [4.78, 5) is 0.914. The van der Waals surface area contributed by atoms with Crippen LogP contribution >= 0.6 is 11.8 Å². The first kappa shape index (κ1) is 16.3. The average molecular weight is 295 g/mol. The highest BCUT2D eigenvalue weighted by atomic mass is 32.2. The van der Waals surface area contributed by atoms with Crippen molar-refractivity contribution in [3.05, 3.63) is 30.1 Å². The SMILES string of the molecule is CNC(CCCC(F)(F)F)CSc1ccc(F)cc1. The average Bonchev–Trinajstić information content (AvgIpc) is 2.34. The molecule has 0 bridgehead atoms. The summed E-state index contributed by atoms with van der Waals surface area (Å²) >= 11 is 1.51. The Morgan fingerprint density at radius 3 is 2.37 bits per heavy atom. The van der Waals surface area contributed by atoms with Gasteiger partial charge in [0.1, 0.15) is 5.82 Å². The van der Waals surface area contributed by atoms with Crippen molar-refractivity contribution >= 4 is 11.8 Å². The maximum absolute atomic E-state index is 12.7. The number of halogens is 4. The van der Waals surface area contributed by atoms with Gasteiger partial charge in [-0.2, -0.15) is 13.2 Å². The zero-order valence-corrected chi connectivity index (χ0v) is 11.5. The first-order chi connectivity index (χ1) is 8.90. The summed E-state index contributed by atoms with van der Waals surface area (Å²) in [5.41, 5.74) is 0. The number of alkyl halides is 3. The summed E-state index contributed by atoms with van der Waals surface area (Å²) in [5, 5.41) is 3.01. The Morgan fingerprint density at radius 2 is 1.84 bits per heavy atom. The molecule has 0 saturated carbocycles. The zero-order valence-electron chi connectivity index (χ0n) is 10.6. The fourth-order valence-electron chi connectivity index (χ4n) is 1.59. The Hall–Kier alpha value is -0.750. The van der Waals surface area contributed by atoms with Crippen LogP contribution in [0.3, 0.4) is 0 Å². The number of hydrogen-bond acceptors (Lipinski definition) is 2. The fraction of sp³-hybridized carbons (Fsp3) is 0.538. The van der Waals surface area contributed by atoms with Crippen molar-refractivity contribution in [3.63, 3.8) is 0 Å². The van der Waals surface area contributed by atoms with Gasteiger partial charge in [0.05, 0.1) is 0 Å². The van der Waals surface area contributed by atoms with Crippen LogP contribution in [-0.4, -0.2) is 25.0 Å². The van der Waals surface area contributed by atoms with Crippen LogP contribution in [0.2, 0.25) is 0 Å². The van der Waals surface area contributed by atoms with Crippen molar-refractivity contribution < 1.29 is 17.6 Å². The molecule has 0 fully saturated rings. The monoisotopic (exact) mass is 295 g/mol. The molecule has 0 aromatic heterocycles. The predicted octanol–water partition coefficient (Wildman–Crippen LogP) is 4.24. The van der Waals surface area contributed by atoms with Crippen LogP contribution in [0.5, 0.6) is 0 Å². The maximum atomic E-state index is 12.7. The van der Waals surface area contributed by atoms with Gasteiger partial charge in [0.15, 0.2) is 0 Å². The highest BCUT2D eigenvalue weighted by Crippen LogP contribution is 2.24. The molecule has 1 atom stereocenters. The minimum absolute atomic E-state index is 0.0254. The molecule has 1 N–H and O–H groups in total. The molecule has 108 valence electrons. The van der Waals surface area contributed by atoms with Crippen LogP contribution in [0, 0.1) is 5.82 Å². The summed E-state index contributed by atoms with van der Waals surface area (Å²) in [5.74, 6) is 0.375. The second kappa shape index (κ2) is 7.75. The molecule has 0 aliphatic carbocycles. The van der Waals surface area contributed by atoms with E-state index >= 15 is 0 Å². The Labute approximate surface area is 114 Å². The van der Waals surface area contributed by atoms with Crippen molar-refractivity contribution in [1.82, 2.24) is 5.32 Å². The Balaban J connectivity index is 2.30. The molecule has 0 radical (unpaired) electrons. The Kier molecular flexibility index (Phi) is 6.65. The lowest BCUT2D eigenvalue weighted by atomic mass is 10.1. The maximum Gasteiger partial charge on any atom is 0.389 e. The van der Waals surface area contributed by atoms with Gasteiger partial charge in [-0.25, -0.2) is 4.39 Å². The Morgan fingerprint density at radius 1 is 1.21 bits per heavy atom. The molecular formula is C13H17F4NS. The van der Waals surface area contributed by atoms with Crippen molar-refractivity contribution in [2.24, 2.45) is 0 Å². The van der Waals surface area contributed by atoms with Crippen molar-refractivity contribution in [3.8, 4) is 0 Å². The summed E-state index contributed by atoms with van der Waals surface area (Å²) in [6, 6.07) is 6.11. The first-order valence-electron chi connectivity index (χ1n) is 6.03. The quantitative estimate of drug-likeness (QED) is 0.596. The van der Waals surface area contributed by atoms with E-state index in [0.29, 0.717) is 12.2 Å². The van der Waals surface area contributed by atoms with Gasteiger partial charge in [-0.3, -0.25) is 0 Å². The molecule has 6 heteroatoms. The molecule has 1 rings (SSSR count). The van der Waals surface area contributed by atoms with Gasteiger partial charge in [-0.05, 0) is 44.2 Å². The number of thioether (sulfide) groups is 1. The molecule has 0 aliphatic heterocycles. The van der Waals surface area contributed by atoms with E-state index in [2.05, 4.69) is 5.32 Å². The number of hydrogen-bond donors (Lipinski definition) is 1. The molecule has 1 nitrogen and oxygen atoms in total. The van der Waals surface area contributed by atoms with Gasteiger partial charge >= 0.3 is 6.18 Å². The highest BCUT2D eigenvalue weighted by Gasteiger charge is 2.26. The molecule has 1 aromatic rings. The number of nitrogens with one attached hydrogen (secondary N) is 1. The van der Waals surface area contributed by atoms with Gasteiger partial charge in [0.25, 0.3) is 0 Å². The summed E-state index contributed by atoms with van der Waals surface area (Å²) < 4.78 is 48.8. The smallest absolute Gasteiger partial charge is 0.316 e. The van der Waals surface area contributed by atoms with Crippen molar-refractivity contribution in [2.75, 3.05) is 12.8 Å². The van der Waals surface area contributed by atoms with Gasteiger partial charge in [0, 0.05) is 23.1 Å². The Bertz CT molecular complexity index is 364. The minimum Gasteiger partial charge on any atom is -0.316 e. The van der Waals surface area contributed by atoms with E-state index in [0.717, 1.165) is 4.90 Å². The van der Waals surface area contributed by atoms with Crippen LogP contribution in [0.25, 0.3) is 0 Å². The molecule has 0 spiro atoms. The third-order valence-electron chi connectivity index (χ3n) is 2.69. The lowest BCUT2D eigenvalue weighted by Gasteiger charge is -2.16. The molecular weight excluding hydrogens is 278 g/mol. The van der Waals surface area contributed by atoms with Crippen LogP contribution < -0.4 is 5.32 Å². The second-order valence-corrected chi connectivity index (χ2v) is 5.35. The van der Waals surface area contributed by atoms with Crippen LogP contribution in [-0.2, 0) is 0 Å². The molecule has 19 heavy (non-hydrogen) atoms. The number of benzene rings is 1. The van der Waals surface area contributed by atoms with Gasteiger partial charge in [0.2, 0.25) is 0 Å². The molecule has 1 unspecified atom stereocenters. The third kappa shape index (κ3) is 7.42. The van der Waals surface area contributed by atoms with Crippen LogP contribution in [0.1, 0.15) is 19.3 Å². The highest BCUT2D eigenvalue weighted by molar-refractivity contribution is 7.99. The van der Waals surface area contributed by atoms with E-state index in [4.69, 9.17) is 0 Å². The number of rotatable bonds is 7. The van der Waals surface area contributed by atoms with Gasteiger partial charge in [-0.1, -0.05) is 0 Å². The van der Waals surface area contributed by atoms with E-state index in [9.17, 15) is 17.6 Å². The van der Waals surface area contributed by atoms with E-state index in [-0.39, 0.29) is 18.3 Å². The normalized spacial score (nSPS) is 13.5. The third-order valence-corrected chi connectivity index (χ3v) is 3.86. The first-order valence-corrected chi connectivity index (χ1v) is 7.01. The van der Waals surface area contributed by atoms with Crippen molar-refractivity contribution in [1.29, 1.82) is 0 Å². The fourth-order valence-corrected chi connectivity index (χ4v) is 2.64. The largest absolute Gasteiger partial charge is 0.389 e. The summed E-state index contributed by atoms with van der Waals surface area (Å²) in [6.07, 6.45) is -4.22. The van der Waals surface area contributed by atoms with E-state index in [1.165, 1.54) is 23.9 Å². The molecule has 0 aliphatic rings. The van der Waals surface area contributed by atoms with E-state index in [1.807, 2.05) is 0 Å². The minimum atomic E-state index is -4.08. The second-order valence-electron chi connectivity index (χ2n) is 4.26. The molecule has 0 amide bonds. The summed E-state index contributed by atoms with van der Waals surface area (Å²) in [7, 11) is 1.74. The lowest BCUT2D eigenvalue weighted by molar-refractivity contribution is -0.135. The van der Waals surface area contributed by atoms with Gasteiger partial charge < -0.3 is 5.32 Å². The van der Waals surface area contributed by atoms with E-state index < -0.39 is 12.6 Å². The van der Waals surface area contributed by atoms with E-state index in [1.54, 1.807) is 19.2 Å². The van der Waals surface area contributed by atoms with Crippen molar-refractivity contribution in [2.45, 2.75) is 36.4 Å². The lowest BCUT2D eigenvalue weighted by Crippen LogP contribution is -2.28.